The highest BCUT2D eigenvalue weighted by molar-refractivity contribution is 5.79. The summed E-state index contributed by atoms with van der Waals surface area (Å²) < 4.78 is 5.26. The van der Waals surface area contributed by atoms with Gasteiger partial charge in [0.1, 0.15) is 12.6 Å². The minimum absolute atomic E-state index is 0.0372. The number of carbonyl (C=O) groups is 1. The standard InChI is InChI=1S/C14H19NO3/c1-14(2,10-16)15-8-12(15)13(17)18-9-11-6-4-3-5-7-11/h3-7,12,16H,8-10H2,1-2H3/t12-,15?/m1/s1. The van der Waals surface area contributed by atoms with Gasteiger partial charge in [-0.2, -0.15) is 0 Å². The number of benzene rings is 1. The Hall–Kier alpha value is -1.39. The molecule has 0 aliphatic carbocycles. The largest absolute Gasteiger partial charge is 0.460 e. The van der Waals surface area contributed by atoms with Crippen LogP contribution in [0.2, 0.25) is 0 Å². The molecule has 1 unspecified atom stereocenters. The lowest BCUT2D eigenvalue weighted by molar-refractivity contribution is -0.145. The van der Waals surface area contributed by atoms with Gasteiger partial charge in [0.15, 0.2) is 0 Å². The molecule has 2 atom stereocenters. The summed E-state index contributed by atoms with van der Waals surface area (Å²) in [6.45, 7) is 4.84. The highest BCUT2D eigenvalue weighted by Crippen LogP contribution is 2.29. The summed E-state index contributed by atoms with van der Waals surface area (Å²) in [7, 11) is 0. The van der Waals surface area contributed by atoms with Gasteiger partial charge in [-0.3, -0.25) is 9.69 Å². The van der Waals surface area contributed by atoms with Crippen LogP contribution in [0.5, 0.6) is 0 Å². The summed E-state index contributed by atoms with van der Waals surface area (Å²) in [4.78, 5) is 13.8. The molecule has 1 aromatic carbocycles. The smallest absolute Gasteiger partial charge is 0.325 e. The minimum Gasteiger partial charge on any atom is -0.460 e. The molecule has 1 aliphatic rings. The molecule has 0 amide bonds. The molecule has 2 rings (SSSR count). The second kappa shape index (κ2) is 5.08. The first-order valence-electron chi connectivity index (χ1n) is 6.13. The van der Waals surface area contributed by atoms with Gasteiger partial charge in [0, 0.05) is 12.1 Å². The van der Waals surface area contributed by atoms with Crippen molar-refractivity contribution in [1.82, 2.24) is 4.90 Å². The zero-order chi connectivity index (χ0) is 13.2. The van der Waals surface area contributed by atoms with Crippen LogP contribution in [0, 0.1) is 0 Å². The fourth-order valence-corrected chi connectivity index (χ4v) is 1.93. The maximum Gasteiger partial charge on any atom is 0.325 e. The fraction of sp³-hybridized carbons (Fsp3) is 0.500. The summed E-state index contributed by atoms with van der Waals surface area (Å²) in [5, 5.41) is 9.22. The summed E-state index contributed by atoms with van der Waals surface area (Å²) in [5.74, 6) is -0.208. The summed E-state index contributed by atoms with van der Waals surface area (Å²) in [5.41, 5.74) is 0.635. The Labute approximate surface area is 107 Å². The van der Waals surface area contributed by atoms with Crippen molar-refractivity contribution in [2.75, 3.05) is 13.2 Å². The Morgan fingerprint density at radius 2 is 2.11 bits per heavy atom. The number of ether oxygens (including phenoxy) is 1. The van der Waals surface area contributed by atoms with Gasteiger partial charge < -0.3 is 9.84 Å². The minimum atomic E-state index is -0.351. The first kappa shape index (κ1) is 13.1. The molecule has 1 heterocycles. The number of nitrogens with zero attached hydrogens (tertiary/aromatic N) is 1. The highest BCUT2D eigenvalue weighted by Gasteiger charge is 2.49. The van der Waals surface area contributed by atoms with Crippen LogP contribution in [0.3, 0.4) is 0 Å². The number of hydrogen-bond acceptors (Lipinski definition) is 4. The third-order valence-electron chi connectivity index (χ3n) is 3.27. The molecule has 4 nitrogen and oxygen atoms in total. The maximum absolute atomic E-state index is 11.8. The number of aliphatic hydroxyl groups is 1. The van der Waals surface area contributed by atoms with E-state index in [4.69, 9.17) is 4.74 Å². The van der Waals surface area contributed by atoms with Crippen LogP contribution in [0.4, 0.5) is 0 Å². The number of carbonyl (C=O) groups excluding carboxylic acids is 1. The van der Waals surface area contributed by atoms with Crippen LogP contribution in [-0.2, 0) is 16.1 Å². The number of esters is 1. The van der Waals surface area contributed by atoms with E-state index in [1.807, 2.05) is 49.1 Å². The average molecular weight is 249 g/mol. The highest BCUT2D eigenvalue weighted by atomic mass is 16.5. The lowest BCUT2D eigenvalue weighted by atomic mass is 10.1. The Morgan fingerprint density at radius 1 is 1.44 bits per heavy atom. The zero-order valence-electron chi connectivity index (χ0n) is 10.8. The Balaban J connectivity index is 1.81. The van der Waals surface area contributed by atoms with Gasteiger partial charge in [0.2, 0.25) is 0 Å². The molecular formula is C14H19NO3. The van der Waals surface area contributed by atoms with E-state index in [0.29, 0.717) is 13.2 Å². The molecule has 0 bridgehead atoms. The second-order valence-electron chi connectivity index (χ2n) is 5.23. The zero-order valence-corrected chi connectivity index (χ0v) is 10.8. The Kier molecular flexibility index (Phi) is 3.68. The van der Waals surface area contributed by atoms with Crippen molar-refractivity contribution in [1.29, 1.82) is 0 Å². The Bertz CT molecular complexity index is 416. The van der Waals surface area contributed by atoms with Crippen LogP contribution in [0.15, 0.2) is 30.3 Å². The SMILES string of the molecule is CC(C)(CO)N1C[C@@H]1C(=O)OCc1ccccc1. The quantitative estimate of drug-likeness (QED) is 0.629. The molecule has 0 aromatic heterocycles. The summed E-state index contributed by atoms with van der Waals surface area (Å²) in [6.07, 6.45) is 0. The van der Waals surface area contributed by atoms with E-state index in [1.54, 1.807) is 0 Å². The molecule has 0 radical (unpaired) electrons. The topological polar surface area (TPSA) is 49.5 Å². The van der Waals surface area contributed by atoms with Crippen molar-refractivity contribution in [3.63, 3.8) is 0 Å². The van der Waals surface area contributed by atoms with E-state index in [9.17, 15) is 9.90 Å². The molecule has 0 spiro atoms. The van der Waals surface area contributed by atoms with Crippen molar-refractivity contribution >= 4 is 5.97 Å². The van der Waals surface area contributed by atoms with Crippen LogP contribution in [-0.4, -0.2) is 40.7 Å². The van der Waals surface area contributed by atoms with Crippen LogP contribution in [0.25, 0.3) is 0 Å². The van der Waals surface area contributed by atoms with Gasteiger partial charge in [0.05, 0.1) is 6.61 Å². The second-order valence-corrected chi connectivity index (χ2v) is 5.23. The molecule has 1 fully saturated rings. The Morgan fingerprint density at radius 3 is 2.72 bits per heavy atom. The molecule has 1 saturated heterocycles. The first-order valence-corrected chi connectivity index (χ1v) is 6.13. The molecule has 1 N–H and O–H groups in total. The third kappa shape index (κ3) is 2.89. The normalized spacial score (nSPS) is 22.6. The first-order chi connectivity index (χ1) is 8.54. The predicted octanol–water partition coefficient (Wildman–Crippen LogP) is 1.18. The van der Waals surface area contributed by atoms with Crippen LogP contribution in [0.1, 0.15) is 19.4 Å². The van der Waals surface area contributed by atoms with Crippen molar-refractivity contribution in [2.45, 2.75) is 32.0 Å². The van der Waals surface area contributed by atoms with Gasteiger partial charge in [-0.05, 0) is 19.4 Å². The lowest BCUT2D eigenvalue weighted by Crippen LogP contribution is -2.37. The third-order valence-corrected chi connectivity index (χ3v) is 3.27. The lowest BCUT2D eigenvalue weighted by Gasteiger charge is -2.23. The maximum atomic E-state index is 11.8. The predicted molar refractivity (Wildman–Crippen MR) is 67.9 cm³/mol. The molecular weight excluding hydrogens is 230 g/mol. The van der Waals surface area contributed by atoms with Crippen molar-refractivity contribution in [2.24, 2.45) is 0 Å². The molecule has 1 aliphatic heterocycles. The number of aliphatic hydroxyl groups excluding tert-OH is 1. The van der Waals surface area contributed by atoms with Crippen LogP contribution >= 0.6 is 0 Å². The van der Waals surface area contributed by atoms with E-state index in [1.165, 1.54) is 0 Å². The van der Waals surface area contributed by atoms with Gasteiger partial charge >= 0.3 is 5.97 Å². The summed E-state index contributed by atoms with van der Waals surface area (Å²) >= 11 is 0. The van der Waals surface area contributed by atoms with Crippen molar-refractivity contribution < 1.29 is 14.6 Å². The van der Waals surface area contributed by atoms with E-state index in [0.717, 1.165) is 5.56 Å². The number of rotatable bonds is 5. The van der Waals surface area contributed by atoms with E-state index >= 15 is 0 Å². The average Bonchev–Trinajstić information content (AvgIpc) is 3.18. The monoisotopic (exact) mass is 249 g/mol. The van der Waals surface area contributed by atoms with Gasteiger partial charge in [-0.1, -0.05) is 30.3 Å². The van der Waals surface area contributed by atoms with Crippen molar-refractivity contribution in [3.8, 4) is 0 Å². The summed E-state index contributed by atoms with van der Waals surface area (Å²) in [6, 6.07) is 9.42. The number of hydrogen-bond donors (Lipinski definition) is 1. The van der Waals surface area contributed by atoms with Gasteiger partial charge in [-0.15, -0.1) is 0 Å². The molecule has 18 heavy (non-hydrogen) atoms. The van der Waals surface area contributed by atoms with Gasteiger partial charge in [0.25, 0.3) is 0 Å². The van der Waals surface area contributed by atoms with Gasteiger partial charge in [-0.25, -0.2) is 0 Å². The van der Waals surface area contributed by atoms with Crippen LogP contribution < -0.4 is 0 Å². The molecule has 98 valence electrons. The molecule has 4 heteroatoms. The fourth-order valence-electron chi connectivity index (χ4n) is 1.93. The van der Waals surface area contributed by atoms with Crippen molar-refractivity contribution in [3.05, 3.63) is 35.9 Å². The van der Waals surface area contributed by atoms with E-state index in [2.05, 4.69) is 0 Å². The van der Waals surface area contributed by atoms with E-state index in [-0.39, 0.29) is 24.2 Å². The van der Waals surface area contributed by atoms with E-state index < -0.39 is 0 Å². The molecule has 1 aromatic rings. The molecule has 0 saturated carbocycles.